The molecule has 0 saturated heterocycles. The molecule has 0 unspecified atom stereocenters. The Kier molecular flexibility index (Phi) is 6.95. The van der Waals surface area contributed by atoms with Gasteiger partial charge in [0.2, 0.25) is 0 Å². The van der Waals surface area contributed by atoms with Gasteiger partial charge in [-0.15, -0.1) is 0 Å². The fourth-order valence-corrected chi connectivity index (χ4v) is 5.90. The summed E-state index contributed by atoms with van der Waals surface area (Å²) in [4.78, 5) is 7.63. The van der Waals surface area contributed by atoms with Crippen LogP contribution in [-0.4, -0.2) is 16.2 Å². The average Bonchev–Trinajstić information content (AvgIpc) is 3.29. The second-order valence-electron chi connectivity index (χ2n) is 8.49. The van der Waals surface area contributed by atoms with Crippen molar-refractivity contribution in [2.24, 2.45) is 4.99 Å². The number of phenols is 1. The molecule has 1 aliphatic heterocycles. The first-order chi connectivity index (χ1) is 16.6. The number of nitrogens with zero attached hydrogens (tertiary/aromatic N) is 2. The van der Waals surface area contributed by atoms with Gasteiger partial charge in [-0.25, -0.2) is 0 Å². The summed E-state index contributed by atoms with van der Waals surface area (Å²) >= 11 is 6.96. The number of rotatable bonds is 6. The van der Waals surface area contributed by atoms with Crippen LogP contribution in [0.25, 0.3) is 0 Å². The molecule has 0 radical (unpaired) electrons. The first kappa shape index (κ1) is 23.0. The van der Waals surface area contributed by atoms with Crippen LogP contribution in [0.4, 0.5) is 0 Å². The van der Waals surface area contributed by atoms with Crippen molar-refractivity contribution in [2.75, 3.05) is 0 Å². The fourth-order valence-electron chi connectivity index (χ4n) is 4.64. The van der Waals surface area contributed by atoms with Gasteiger partial charge >= 0.3 is 0 Å². The third kappa shape index (κ3) is 4.88. The van der Waals surface area contributed by atoms with E-state index < -0.39 is 0 Å². The Labute approximate surface area is 217 Å². The van der Waals surface area contributed by atoms with Crippen molar-refractivity contribution in [2.45, 2.75) is 25.2 Å². The monoisotopic (exact) mass is 574 g/mol. The van der Waals surface area contributed by atoms with Crippen LogP contribution in [-0.2, 0) is 13.1 Å². The summed E-state index contributed by atoms with van der Waals surface area (Å²) in [5, 5.41) is 10.6. The summed E-state index contributed by atoms with van der Waals surface area (Å²) in [6.07, 6.45) is 1.79. The number of aromatic hydroxyl groups is 1. The Morgan fingerprint density at radius 2 is 1.32 bits per heavy atom. The molecule has 5 rings (SSSR count). The minimum Gasteiger partial charge on any atom is -0.506 e. The van der Waals surface area contributed by atoms with E-state index >= 15 is 0 Å². The number of halogens is 2. The van der Waals surface area contributed by atoms with Crippen molar-refractivity contribution in [3.05, 3.63) is 134 Å². The standard InChI is InChI=1S/C29H24Br2N2O/c30-25-15-24(29(34)26(31)16-25)17-32-27(20-9-3-1-4-10-20)28(21-11-5-2-6-12-21)33-18-22-13-7-8-14-23(22)19-33/h1-17,27-28,34H,18-19H2/b32-17+/t27-,28-/m1/s1. The van der Waals surface area contributed by atoms with Gasteiger partial charge in [0.15, 0.2) is 0 Å². The SMILES string of the molecule is Oc1c(Br)cc(Br)cc1/C=N/[C@H](c1ccccc1)[C@@H](c1ccccc1)N1Cc2ccccc2C1. The highest BCUT2D eigenvalue weighted by molar-refractivity contribution is 9.11. The van der Waals surface area contributed by atoms with Gasteiger partial charge < -0.3 is 5.11 Å². The van der Waals surface area contributed by atoms with Crippen molar-refractivity contribution < 1.29 is 5.11 Å². The smallest absolute Gasteiger partial charge is 0.138 e. The predicted octanol–water partition coefficient (Wildman–Crippen LogP) is 7.83. The van der Waals surface area contributed by atoms with E-state index in [-0.39, 0.29) is 17.8 Å². The third-order valence-corrected chi connectivity index (χ3v) is 7.33. The first-order valence-electron chi connectivity index (χ1n) is 11.2. The van der Waals surface area contributed by atoms with E-state index in [0.29, 0.717) is 10.0 Å². The number of hydrogen-bond donors (Lipinski definition) is 1. The van der Waals surface area contributed by atoms with Crippen LogP contribution in [0.5, 0.6) is 5.75 Å². The zero-order chi connectivity index (χ0) is 23.5. The minimum atomic E-state index is -0.157. The maximum absolute atomic E-state index is 10.6. The molecule has 1 heterocycles. The maximum Gasteiger partial charge on any atom is 0.138 e. The van der Waals surface area contributed by atoms with E-state index in [1.54, 1.807) is 6.21 Å². The van der Waals surface area contributed by atoms with Crippen molar-refractivity contribution in [3.8, 4) is 5.75 Å². The molecule has 1 N–H and O–H groups in total. The van der Waals surface area contributed by atoms with Crippen LogP contribution in [0.2, 0.25) is 0 Å². The molecule has 0 aromatic heterocycles. The van der Waals surface area contributed by atoms with Crippen molar-refractivity contribution in [3.63, 3.8) is 0 Å². The lowest BCUT2D eigenvalue weighted by Crippen LogP contribution is -2.28. The van der Waals surface area contributed by atoms with Crippen LogP contribution in [0.3, 0.4) is 0 Å². The van der Waals surface area contributed by atoms with Gasteiger partial charge in [0.25, 0.3) is 0 Å². The minimum absolute atomic E-state index is 0.0324. The Bertz CT molecular complexity index is 1280. The lowest BCUT2D eigenvalue weighted by Gasteiger charge is -2.33. The van der Waals surface area contributed by atoms with Crippen molar-refractivity contribution in [1.82, 2.24) is 4.90 Å². The quantitative estimate of drug-likeness (QED) is 0.238. The zero-order valence-corrected chi connectivity index (χ0v) is 21.7. The Hall–Kier alpha value is -2.73. The van der Waals surface area contributed by atoms with Crippen LogP contribution in [0.1, 0.15) is 39.9 Å². The molecule has 0 amide bonds. The summed E-state index contributed by atoms with van der Waals surface area (Å²) in [6.45, 7) is 1.75. The van der Waals surface area contributed by atoms with Gasteiger partial charge in [-0.1, -0.05) is 101 Å². The maximum atomic E-state index is 10.6. The molecular formula is C29H24Br2N2O. The highest BCUT2D eigenvalue weighted by atomic mass is 79.9. The van der Waals surface area contributed by atoms with Gasteiger partial charge in [0.05, 0.1) is 16.6 Å². The third-order valence-electron chi connectivity index (χ3n) is 6.27. The zero-order valence-electron chi connectivity index (χ0n) is 18.5. The average molecular weight is 576 g/mol. The second-order valence-corrected chi connectivity index (χ2v) is 10.3. The topological polar surface area (TPSA) is 35.8 Å². The van der Waals surface area contributed by atoms with Crippen LogP contribution < -0.4 is 0 Å². The van der Waals surface area contributed by atoms with Gasteiger partial charge in [0, 0.05) is 29.3 Å². The summed E-state index contributed by atoms with van der Waals surface area (Å²) in [5.74, 6) is 0.184. The summed E-state index contributed by atoms with van der Waals surface area (Å²) < 4.78 is 1.51. The molecule has 5 heteroatoms. The molecule has 0 spiro atoms. The first-order valence-corrected chi connectivity index (χ1v) is 12.8. The lowest BCUT2D eigenvalue weighted by molar-refractivity contribution is 0.174. The molecule has 0 saturated carbocycles. The lowest BCUT2D eigenvalue weighted by atomic mass is 9.92. The molecule has 0 fully saturated rings. The van der Waals surface area contributed by atoms with E-state index in [1.165, 1.54) is 16.7 Å². The Balaban J connectivity index is 1.60. The largest absolute Gasteiger partial charge is 0.506 e. The number of phenolic OH excluding ortho intramolecular Hbond substituents is 1. The van der Waals surface area contributed by atoms with E-state index in [4.69, 9.17) is 4.99 Å². The van der Waals surface area contributed by atoms with Gasteiger partial charge in [-0.2, -0.15) is 0 Å². The molecule has 2 atom stereocenters. The molecule has 4 aromatic rings. The van der Waals surface area contributed by atoms with E-state index in [0.717, 1.165) is 23.1 Å². The predicted molar refractivity (Wildman–Crippen MR) is 145 cm³/mol. The van der Waals surface area contributed by atoms with Crippen LogP contribution in [0.15, 0.2) is 111 Å². The molecule has 1 aliphatic rings. The van der Waals surface area contributed by atoms with E-state index in [1.807, 2.05) is 18.2 Å². The molecule has 170 valence electrons. The fraction of sp³-hybridized carbons (Fsp3) is 0.138. The second kappa shape index (κ2) is 10.3. The van der Waals surface area contributed by atoms with Crippen LogP contribution in [0, 0.1) is 0 Å². The van der Waals surface area contributed by atoms with E-state index in [9.17, 15) is 5.11 Å². The molecule has 0 bridgehead atoms. The Morgan fingerprint density at radius 1 is 0.765 bits per heavy atom. The summed E-state index contributed by atoms with van der Waals surface area (Å²) in [5.41, 5.74) is 5.76. The van der Waals surface area contributed by atoms with E-state index in [2.05, 4.69) is 116 Å². The van der Waals surface area contributed by atoms with Crippen molar-refractivity contribution >= 4 is 38.1 Å². The molecular weight excluding hydrogens is 552 g/mol. The summed E-state index contributed by atoms with van der Waals surface area (Å²) in [6, 6.07) is 33.3. The van der Waals surface area contributed by atoms with Gasteiger partial charge in [-0.05, 0) is 50.3 Å². The number of fused-ring (bicyclic) bond motifs is 1. The number of benzene rings is 4. The summed E-state index contributed by atoms with van der Waals surface area (Å²) in [7, 11) is 0. The molecule has 0 aliphatic carbocycles. The molecule has 3 nitrogen and oxygen atoms in total. The van der Waals surface area contributed by atoms with Crippen molar-refractivity contribution in [1.29, 1.82) is 0 Å². The van der Waals surface area contributed by atoms with Crippen LogP contribution >= 0.6 is 31.9 Å². The highest BCUT2D eigenvalue weighted by Crippen LogP contribution is 2.41. The molecule has 4 aromatic carbocycles. The van der Waals surface area contributed by atoms with Gasteiger partial charge in [-0.3, -0.25) is 9.89 Å². The molecule has 34 heavy (non-hydrogen) atoms. The Morgan fingerprint density at radius 3 is 1.94 bits per heavy atom. The van der Waals surface area contributed by atoms with Gasteiger partial charge in [0.1, 0.15) is 5.75 Å². The highest BCUT2D eigenvalue weighted by Gasteiger charge is 2.33. The number of hydrogen-bond acceptors (Lipinski definition) is 3. The normalized spacial score (nSPS) is 15.4. The number of aliphatic imine (C=N–C) groups is 1.